The largest absolute Gasteiger partial charge is 0.870 e. The van der Waals surface area contributed by atoms with E-state index in [4.69, 9.17) is 85.0 Å². The van der Waals surface area contributed by atoms with E-state index in [9.17, 15) is 71.5 Å². The second kappa shape index (κ2) is 73.7. The van der Waals surface area contributed by atoms with Gasteiger partial charge in [-0.25, -0.2) is 9.59 Å². The van der Waals surface area contributed by atoms with Crippen LogP contribution in [0.5, 0.6) is 0 Å². The van der Waals surface area contributed by atoms with Crippen molar-refractivity contribution in [2.24, 2.45) is 5.73 Å². The van der Waals surface area contributed by atoms with Crippen molar-refractivity contribution in [1.29, 1.82) is 0 Å². The summed E-state index contributed by atoms with van der Waals surface area (Å²) in [5.41, 5.74) is 4.47. The van der Waals surface area contributed by atoms with Crippen LogP contribution in [0.25, 0.3) is 0 Å². The number of carboxylic acid groups (broad SMARTS) is 10. The molecule has 84 heavy (non-hydrogen) atoms. The van der Waals surface area contributed by atoms with Crippen molar-refractivity contribution in [2.75, 3.05) is 84.6 Å². The Bertz CT molecular complexity index is 1990. The Morgan fingerprint density at radius 3 is 0.952 bits per heavy atom. The van der Waals surface area contributed by atoms with Crippen LogP contribution < -0.4 is 22.5 Å². The molecule has 0 saturated carbocycles. The molecular weight excluding hydrogens is 1580 g/mol. The SMILES string of the molecule is C.C.C.C.C.CC(=O)N(CC(=O)O)CC(=O)O.CC(=O)O.CC(N)=O.I.N.O=C(O)CN(CC(=O)O)CP(=O)(O)O.O=C(O)CN1CC(=O)N(CC(=O)O)CC1=O.O=C(O)CNCC(=O)O.O=C(O)CNCP(=O)(O)O.O=C=C=O.[I][V][I].[OH-]. The van der Waals surface area contributed by atoms with Gasteiger partial charge in [0.05, 0.1) is 39.0 Å². The summed E-state index contributed by atoms with van der Waals surface area (Å²) in [5, 5.41) is 85.7. The molecule has 0 unspecified atom stereocenters. The van der Waals surface area contributed by atoms with Crippen LogP contribution in [0.4, 0.5) is 0 Å². The Morgan fingerprint density at radius 2 is 0.786 bits per heavy atom. The number of carbonyl (C=O) groups is 14. The fraction of sp³-hybridized carbons (Fsp3) is 0.568. The van der Waals surface area contributed by atoms with Crippen molar-refractivity contribution in [2.45, 2.75) is 57.9 Å². The van der Waals surface area contributed by atoms with Gasteiger partial charge in [0.2, 0.25) is 35.5 Å². The zero-order valence-electron chi connectivity index (χ0n) is 40.8. The van der Waals surface area contributed by atoms with Crippen molar-refractivity contribution in [3.63, 3.8) is 0 Å². The van der Waals surface area contributed by atoms with E-state index in [2.05, 4.69) is 56.3 Å². The van der Waals surface area contributed by atoms with E-state index in [0.29, 0.717) is 14.4 Å². The minimum Gasteiger partial charge on any atom is -0.870 e. The third kappa shape index (κ3) is 132. The maximum absolute atomic E-state index is 11.3. The molecule has 22 N–H and O–H groups in total. The predicted octanol–water partition coefficient (Wildman–Crippen LogP) is -2.69. The van der Waals surface area contributed by atoms with Gasteiger partial charge in [-0.05, 0) is 0 Å². The van der Waals surface area contributed by atoms with Crippen LogP contribution in [0.15, 0.2) is 0 Å². The molecule has 0 aromatic carbocycles. The summed E-state index contributed by atoms with van der Waals surface area (Å²) < 4.78 is 20.5. The molecule has 1 saturated heterocycles. The van der Waals surface area contributed by atoms with Gasteiger partial charge in [-0.1, -0.05) is 37.1 Å². The number of hydrogen-bond donors (Lipinski definition) is 18. The van der Waals surface area contributed by atoms with Gasteiger partial charge in [0.15, 0.2) is 0 Å². The van der Waals surface area contributed by atoms with E-state index in [1.54, 1.807) is 0 Å². The summed E-state index contributed by atoms with van der Waals surface area (Å²) in [7, 11) is -7.90. The van der Waals surface area contributed by atoms with Gasteiger partial charge >= 0.3 is 118 Å². The summed E-state index contributed by atoms with van der Waals surface area (Å²) in [6.07, 6.45) is -1.48. The molecule has 501 valence electrons. The second-order valence-electron chi connectivity index (χ2n) is 12.5. The normalized spacial score (nSPS) is 9.60. The molecule has 1 aliphatic heterocycles. The monoisotopic (exact) mass is 1660 g/mol. The van der Waals surface area contributed by atoms with Crippen LogP contribution in [-0.2, 0) is 95.3 Å². The van der Waals surface area contributed by atoms with Gasteiger partial charge in [-0.2, -0.15) is 0 Å². The summed E-state index contributed by atoms with van der Waals surface area (Å²) in [4.78, 5) is 196. The van der Waals surface area contributed by atoms with E-state index < -0.39 is 164 Å². The number of primary amides is 1. The maximum Gasteiger partial charge on any atom is -0.870 e. The Morgan fingerprint density at radius 1 is 0.548 bits per heavy atom. The molecule has 0 spiro atoms. The molecule has 1 heterocycles. The Kier molecular flexibility index (Phi) is 106. The van der Waals surface area contributed by atoms with Gasteiger partial charge in [0.25, 0.3) is 5.97 Å². The number of halogens is 3. The van der Waals surface area contributed by atoms with Gasteiger partial charge in [0, 0.05) is 20.8 Å². The number of nitrogens with two attached hydrogens (primary N) is 1. The van der Waals surface area contributed by atoms with Crippen LogP contribution in [0.2, 0.25) is 0 Å². The molecule has 0 aromatic heterocycles. The summed E-state index contributed by atoms with van der Waals surface area (Å²) >= 11 is 4.74. The summed E-state index contributed by atoms with van der Waals surface area (Å²) in [5.74, 6) is -12.0. The minimum atomic E-state index is -4.44. The third-order valence-electron chi connectivity index (χ3n) is 5.40. The van der Waals surface area contributed by atoms with E-state index in [1.807, 2.05) is 0 Å². The quantitative estimate of drug-likeness (QED) is 0.0298. The smallest absolute Gasteiger partial charge is 0.870 e. The third-order valence-corrected chi connectivity index (χ3v) is 6.80. The zero-order valence-corrected chi connectivity index (χ0v) is 50.7. The van der Waals surface area contributed by atoms with Crippen molar-refractivity contribution in [1.82, 2.24) is 36.4 Å². The molecule has 1 aliphatic rings. The Hall–Kier alpha value is -5.39. The summed E-state index contributed by atoms with van der Waals surface area (Å²) in [6.45, 7) is -2.05. The average Bonchev–Trinajstić information content (AvgIpc) is 3.18. The minimum absolute atomic E-state index is 0. The number of aliphatic carboxylic acids is 10. The molecule has 4 amide bonds. The Balaban J connectivity index is -0.0000000456. The molecule has 0 aliphatic carbocycles. The van der Waals surface area contributed by atoms with Crippen LogP contribution in [0.3, 0.4) is 0 Å². The fourth-order valence-electron chi connectivity index (χ4n) is 3.31. The van der Waals surface area contributed by atoms with Crippen LogP contribution in [-0.4, -0.2) is 275 Å². The molecule has 1 rings (SSSR count). The van der Waals surface area contributed by atoms with Crippen molar-refractivity contribution < 1.29 is 171 Å². The van der Waals surface area contributed by atoms with E-state index in [1.165, 1.54) is 6.92 Å². The molecule has 0 bridgehead atoms. The molecule has 0 atom stereocenters. The molecule has 0 aromatic rings. The van der Waals surface area contributed by atoms with Gasteiger partial charge in [-0.3, -0.25) is 91.8 Å². The van der Waals surface area contributed by atoms with Gasteiger partial charge in [-0.15, -0.1) is 24.0 Å². The molecular formula is C37H78I3N8O33P2V-. The molecule has 47 heteroatoms. The first-order valence-corrected chi connectivity index (χ1v) is 31.1. The second-order valence-corrected chi connectivity index (χ2v) is 27.5. The Labute approximate surface area is 526 Å². The maximum atomic E-state index is 11.3. The number of amides is 4. The topological polar surface area (TPSA) is 719 Å². The van der Waals surface area contributed by atoms with Crippen molar-refractivity contribution in [3.05, 3.63) is 0 Å². The number of nitrogens with one attached hydrogen (secondary N) is 2. The van der Waals surface area contributed by atoms with Gasteiger partial charge in [0.1, 0.15) is 45.6 Å². The number of carbonyl (C=O) groups excluding carboxylic acids is 6. The number of hydrogen-bond acceptors (Lipinski definition) is 23. The van der Waals surface area contributed by atoms with E-state index >= 15 is 0 Å². The van der Waals surface area contributed by atoms with Crippen LogP contribution >= 0.6 is 79.1 Å². The first kappa shape index (κ1) is 121. The van der Waals surface area contributed by atoms with Crippen LogP contribution in [0, 0.1) is 0 Å². The number of nitrogens with zero attached hydrogens (tertiary/aromatic N) is 4. The summed E-state index contributed by atoms with van der Waals surface area (Å²) in [6, 6.07) is 0. The molecule has 0 radical (unpaired) electrons. The van der Waals surface area contributed by atoms with Crippen LogP contribution in [0.1, 0.15) is 57.9 Å². The number of piperazine rings is 1. The zero-order chi connectivity index (χ0) is 62.1. The first-order valence-electron chi connectivity index (χ1n) is 18.5. The fourth-order valence-corrected chi connectivity index (χ4v) is 4.43. The first-order chi connectivity index (χ1) is 34.4. The predicted molar refractivity (Wildman–Crippen MR) is 314 cm³/mol. The van der Waals surface area contributed by atoms with Crippen molar-refractivity contribution >= 4 is 174 Å². The standard InChI is InChI=1S/C8H10N2O6.C6H9NO5.C5H10NO7P.C4H7NO4.C3H8NO5P.C2H5NO.C2H4O2.C2O2.5CH4.3HI.H3N.H2O.V/c11-5-1-9(3-7(13)14)6(12)2-10(5)4-8(15)16;1-4(8)7(2-5(9)10)3-6(11)12;7-4(8)1-6(2-5(9)10)3-14(11,12)13;6-3(7)1-5-2-4(8)9;5-3(6)1-4-2-10(7,8)9;2*1-2(3)4;3-1-2-4;;;;;;;;;;;/h1-4H2,(H,13,14)(H,15,16);2-3H2,1H3,(H,9,10)(H,11,12);1-3H2,(H,7,8)(H,9,10)(H2,11,12,13);5H,1-2H2,(H,6,7)(H,8,9);4H,1-2H2,(H,5,6)(H2,7,8,9);1H3,(H2,3,4);1H3,(H,3,4);;5*1H4;3*1H;1H3;1H2;/q;;;;;;;;;;;;;;;;;;+2/p-3. The van der Waals surface area contributed by atoms with E-state index in [-0.39, 0.29) is 91.7 Å². The van der Waals surface area contributed by atoms with Crippen molar-refractivity contribution in [3.8, 4) is 0 Å². The van der Waals surface area contributed by atoms with Gasteiger partial charge < -0.3 is 103 Å². The average molecular weight is 1660 g/mol. The number of carboxylic acids is 10. The molecule has 1 fully saturated rings. The molecule has 41 nitrogen and oxygen atoms in total. The number of rotatable bonds is 22. The van der Waals surface area contributed by atoms with E-state index in [0.717, 1.165) is 40.4 Å².